The van der Waals surface area contributed by atoms with Gasteiger partial charge in [0.05, 0.1) is 12.1 Å². The molecule has 1 heterocycles. The van der Waals surface area contributed by atoms with E-state index in [0.29, 0.717) is 6.54 Å². The normalized spacial score (nSPS) is 21.4. The smallest absolute Gasteiger partial charge is 0.130 e. The lowest BCUT2D eigenvalue weighted by Crippen LogP contribution is -2.44. The van der Waals surface area contributed by atoms with Gasteiger partial charge in [-0.15, -0.1) is 0 Å². The van der Waals surface area contributed by atoms with Gasteiger partial charge in [0.1, 0.15) is 11.6 Å². The fraction of sp³-hybridized carbons (Fsp3) is 0.625. The molecule has 2 rings (SSSR count). The second-order valence-corrected chi connectivity index (χ2v) is 5.52. The molecule has 0 radical (unpaired) electrons. The highest BCUT2D eigenvalue weighted by Gasteiger charge is 2.29. The van der Waals surface area contributed by atoms with Crippen LogP contribution < -0.4 is 5.73 Å². The molecular formula is C16H24F2N2O. The molecule has 2 N–H and O–H groups in total. The molecule has 0 bridgehead atoms. The maximum atomic E-state index is 14.0. The quantitative estimate of drug-likeness (QED) is 0.877. The molecule has 3 nitrogen and oxygen atoms in total. The van der Waals surface area contributed by atoms with Crippen LogP contribution in [0.15, 0.2) is 18.2 Å². The summed E-state index contributed by atoms with van der Waals surface area (Å²) in [5.41, 5.74) is 5.88. The maximum Gasteiger partial charge on any atom is 0.130 e. The average Bonchev–Trinajstić information content (AvgIpc) is 2.49. The predicted molar refractivity (Wildman–Crippen MR) is 79.0 cm³/mol. The lowest BCUT2D eigenvalue weighted by atomic mass is 9.99. The third kappa shape index (κ3) is 3.99. The highest BCUT2D eigenvalue weighted by molar-refractivity contribution is 5.24. The Morgan fingerprint density at radius 2 is 2.10 bits per heavy atom. The van der Waals surface area contributed by atoms with Crippen molar-refractivity contribution in [1.82, 2.24) is 4.90 Å². The largest absolute Gasteiger partial charge is 0.377 e. The predicted octanol–water partition coefficient (Wildman–Crippen LogP) is 2.86. The number of halogens is 2. The summed E-state index contributed by atoms with van der Waals surface area (Å²) in [6, 6.07) is 3.52. The molecule has 1 aromatic carbocycles. The van der Waals surface area contributed by atoms with Crippen LogP contribution in [0.5, 0.6) is 0 Å². The van der Waals surface area contributed by atoms with Crippen molar-refractivity contribution in [1.29, 1.82) is 0 Å². The Labute approximate surface area is 125 Å². The van der Waals surface area contributed by atoms with Crippen molar-refractivity contribution in [3.63, 3.8) is 0 Å². The van der Waals surface area contributed by atoms with E-state index in [1.54, 1.807) is 0 Å². The molecule has 5 heteroatoms. The van der Waals surface area contributed by atoms with E-state index in [9.17, 15) is 8.78 Å². The third-order valence-electron chi connectivity index (χ3n) is 3.96. The zero-order chi connectivity index (χ0) is 15.2. The van der Waals surface area contributed by atoms with Crippen molar-refractivity contribution < 1.29 is 13.5 Å². The maximum absolute atomic E-state index is 14.0. The van der Waals surface area contributed by atoms with Gasteiger partial charge in [-0.1, -0.05) is 13.0 Å². The lowest BCUT2D eigenvalue weighted by Gasteiger charge is -2.38. The second kappa shape index (κ2) is 7.82. The van der Waals surface area contributed by atoms with E-state index in [1.165, 1.54) is 18.2 Å². The Morgan fingerprint density at radius 1 is 1.38 bits per heavy atom. The summed E-state index contributed by atoms with van der Waals surface area (Å²) in [7, 11) is 0. The first kappa shape index (κ1) is 16.3. The number of ether oxygens (including phenoxy) is 1. The average molecular weight is 298 g/mol. The third-order valence-corrected chi connectivity index (χ3v) is 3.96. The molecule has 1 saturated heterocycles. The molecule has 0 spiro atoms. The van der Waals surface area contributed by atoms with Crippen LogP contribution in [0.3, 0.4) is 0 Å². The van der Waals surface area contributed by atoms with Gasteiger partial charge in [0.25, 0.3) is 0 Å². The van der Waals surface area contributed by atoms with E-state index in [0.717, 1.165) is 32.4 Å². The van der Waals surface area contributed by atoms with E-state index >= 15 is 0 Å². The molecule has 0 amide bonds. The Balaban J connectivity index is 2.13. The monoisotopic (exact) mass is 298 g/mol. The first-order valence-corrected chi connectivity index (χ1v) is 7.67. The lowest BCUT2D eigenvalue weighted by molar-refractivity contribution is -0.0126. The van der Waals surface area contributed by atoms with Crippen molar-refractivity contribution in [3.8, 4) is 0 Å². The van der Waals surface area contributed by atoms with Gasteiger partial charge in [-0.2, -0.15) is 0 Å². The molecule has 1 aliphatic heterocycles. The molecule has 2 unspecified atom stereocenters. The highest BCUT2D eigenvalue weighted by Crippen LogP contribution is 2.28. The van der Waals surface area contributed by atoms with Gasteiger partial charge in [-0.3, -0.25) is 4.90 Å². The Kier molecular flexibility index (Phi) is 6.08. The van der Waals surface area contributed by atoms with Crippen LogP contribution in [0.4, 0.5) is 8.78 Å². The number of nitrogens with two attached hydrogens (primary N) is 1. The minimum Gasteiger partial charge on any atom is -0.377 e. The van der Waals surface area contributed by atoms with E-state index < -0.39 is 17.7 Å². The van der Waals surface area contributed by atoms with Crippen LogP contribution in [0.1, 0.15) is 37.8 Å². The number of nitrogens with zero attached hydrogens (tertiary/aromatic N) is 1. The molecule has 1 aliphatic rings. The van der Waals surface area contributed by atoms with E-state index in [2.05, 4.69) is 6.92 Å². The van der Waals surface area contributed by atoms with Crippen LogP contribution in [0.2, 0.25) is 0 Å². The molecule has 0 aromatic heterocycles. The summed E-state index contributed by atoms with van der Waals surface area (Å²) in [5.74, 6) is -1.05. The second-order valence-electron chi connectivity index (χ2n) is 5.52. The minimum absolute atomic E-state index is 0.0798. The molecule has 21 heavy (non-hydrogen) atoms. The van der Waals surface area contributed by atoms with Crippen molar-refractivity contribution in [3.05, 3.63) is 35.4 Å². The summed E-state index contributed by atoms with van der Waals surface area (Å²) >= 11 is 0. The van der Waals surface area contributed by atoms with Gasteiger partial charge in [-0.05, 0) is 37.9 Å². The Morgan fingerprint density at radius 3 is 2.71 bits per heavy atom. The number of hydrogen-bond acceptors (Lipinski definition) is 3. The van der Waals surface area contributed by atoms with Crippen LogP contribution in [-0.2, 0) is 4.74 Å². The summed E-state index contributed by atoms with van der Waals surface area (Å²) in [6.07, 6.45) is 3.05. The number of rotatable bonds is 6. The summed E-state index contributed by atoms with van der Waals surface area (Å²) in [6.45, 7) is 4.45. The molecule has 1 aromatic rings. The van der Waals surface area contributed by atoms with Crippen LogP contribution in [-0.4, -0.2) is 37.2 Å². The molecular weight excluding hydrogens is 274 g/mol. The van der Waals surface area contributed by atoms with Crippen LogP contribution >= 0.6 is 0 Å². The fourth-order valence-corrected chi connectivity index (χ4v) is 2.95. The van der Waals surface area contributed by atoms with E-state index in [1.807, 2.05) is 4.90 Å². The summed E-state index contributed by atoms with van der Waals surface area (Å²) in [5, 5.41) is 0. The zero-order valence-corrected chi connectivity index (χ0v) is 12.5. The Hall–Kier alpha value is -1.04. The number of benzene rings is 1. The molecule has 118 valence electrons. The van der Waals surface area contributed by atoms with Gasteiger partial charge in [0.15, 0.2) is 0 Å². The van der Waals surface area contributed by atoms with Crippen molar-refractivity contribution in [2.45, 2.75) is 38.3 Å². The number of hydrogen-bond donors (Lipinski definition) is 1. The first-order valence-electron chi connectivity index (χ1n) is 7.67. The molecule has 0 aliphatic carbocycles. The topological polar surface area (TPSA) is 38.5 Å². The van der Waals surface area contributed by atoms with Crippen molar-refractivity contribution in [2.75, 3.05) is 26.2 Å². The summed E-state index contributed by atoms with van der Waals surface area (Å²) < 4.78 is 33.8. The van der Waals surface area contributed by atoms with Crippen molar-refractivity contribution >= 4 is 0 Å². The van der Waals surface area contributed by atoms with Gasteiger partial charge in [0, 0.05) is 25.3 Å². The van der Waals surface area contributed by atoms with Gasteiger partial charge in [-0.25, -0.2) is 8.78 Å². The van der Waals surface area contributed by atoms with E-state index in [-0.39, 0.29) is 18.2 Å². The zero-order valence-electron chi connectivity index (χ0n) is 12.5. The van der Waals surface area contributed by atoms with Crippen LogP contribution in [0, 0.1) is 11.6 Å². The van der Waals surface area contributed by atoms with E-state index in [4.69, 9.17) is 10.5 Å². The van der Waals surface area contributed by atoms with Crippen molar-refractivity contribution in [2.24, 2.45) is 5.73 Å². The highest BCUT2D eigenvalue weighted by atomic mass is 19.1. The molecule has 1 fully saturated rings. The molecule has 2 atom stereocenters. The van der Waals surface area contributed by atoms with Gasteiger partial charge < -0.3 is 10.5 Å². The van der Waals surface area contributed by atoms with Crippen LogP contribution in [0.25, 0.3) is 0 Å². The fourth-order valence-electron chi connectivity index (χ4n) is 2.95. The Bertz CT molecular complexity index is 436. The first-order chi connectivity index (χ1) is 10.2. The number of likely N-dealkylation sites (tertiary alicyclic amines) is 1. The minimum atomic E-state index is -0.526. The van der Waals surface area contributed by atoms with Gasteiger partial charge >= 0.3 is 0 Å². The number of piperidine rings is 1. The standard InChI is InChI=1S/C16H24F2N2O/c1-2-9-21-12-5-4-8-20(11-12)15(10-19)16-13(17)6-3-7-14(16)18/h3,6-7,12,15H,2,4-5,8-11,19H2,1H3. The van der Waals surface area contributed by atoms with Gasteiger partial charge in [0.2, 0.25) is 0 Å². The summed E-state index contributed by atoms with van der Waals surface area (Å²) in [4.78, 5) is 2.05. The molecule has 0 saturated carbocycles. The SMILES string of the molecule is CCCOC1CCCN(C(CN)c2c(F)cccc2F)C1.